The quantitative estimate of drug-likeness (QED) is 0.113. The second kappa shape index (κ2) is 20.7. The number of halogens is 3. The molecule has 0 amide bonds. The zero-order valence-electron chi connectivity index (χ0n) is 43.6. The van der Waals surface area contributed by atoms with E-state index in [2.05, 4.69) is 137 Å². The predicted octanol–water partition coefficient (Wildman–Crippen LogP) is 10.2. The molecule has 10 nitrogen and oxygen atoms in total. The van der Waals surface area contributed by atoms with Crippen LogP contribution in [0.2, 0.25) is 10.0 Å². The molecule has 6 fully saturated rings. The van der Waals surface area contributed by atoms with Gasteiger partial charge in [0.1, 0.15) is 17.3 Å². The summed E-state index contributed by atoms with van der Waals surface area (Å²) < 4.78 is 24.3. The molecule has 2 N–H and O–H groups in total. The molecule has 1 aliphatic carbocycles. The van der Waals surface area contributed by atoms with Crippen LogP contribution in [0.15, 0.2) is 103 Å². The lowest BCUT2D eigenvalue weighted by Gasteiger charge is -2.57. The number of carbonyl (C=O) groups is 1. The van der Waals surface area contributed by atoms with Gasteiger partial charge in [-0.1, -0.05) is 78.7 Å². The molecule has 2 bridgehead atoms. The van der Waals surface area contributed by atoms with Crippen molar-refractivity contribution < 1.29 is 13.9 Å². The number of benzene rings is 4. The van der Waals surface area contributed by atoms with Gasteiger partial charge in [0, 0.05) is 95.7 Å². The number of likely N-dealkylation sites (tertiary alicyclic amines) is 3. The van der Waals surface area contributed by atoms with E-state index in [9.17, 15) is 0 Å². The lowest BCUT2D eigenvalue weighted by Crippen LogP contribution is -2.73. The van der Waals surface area contributed by atoms with Crippen LogP contribution in [0.4, 0.5) is 4.39 Å². The van der Waals surface area contributed by atoms with Gasteiger partial charge in [0.15, 0.2) is 5.78 Å². The first kappa shape index (κ1) is 51.0. The molecule has 1 aromatic heterocycles. The van der Waals surface area contributed by atoms with E-state index in [0.29, 0.717) is 35.9 Å². The molecule has 1 spiro atoms. The normalized spacial score (nSPS) is 32.8. The van der Waals surface area contributed by atoms with E-state index in [1.54, 1.807) is 0 Å². The highest BCUT2D eigenvalue weighted by molar-refractivity contribution is 6.31. The zero-order valence-corrected chi connectivity index (χ0v) is 45.1. The highest BCUT2D eigenvalue weighted by Gasteiger charge is 2.77. The number of ether oxygens (including phenoxy) is 1. The Morgan fingerprint density at radius 3 is 2.29 bits per heavy atom. The third kappa shape index (κ3) is 8.89. The first-order chi connectivity index (χ1) is 35.3. The Bertz CT molecular complexity index is 2740. The van der Waals surface area contributed by atoms with Crippen molar-refractivity contribution in [2.75, 3.05) is 40.4 Å². The maximum atomic E-state index is 17.4. The molecule has 1 saturated carbocycles. The van der Waals surface area contributed by atoms with Gasteiger partial charge in [-0.3, -0.25) is 28.8 Å². The Balaban J connectivity index is 1.00. The third-order valence-corrected chi connectivity index (χ3v) is 19.6. The van der Waals surface area contributed by atoms with Gasteiger partial charge in [-0.05, 0) is 158 Å². The van der Waals surface area contributed by atoms with Gasteiger partial charge in [-0.25, -0.2) is 4.98 Å². The van der Waals surface area contributed by atoms with E-state index < -0.39 is 17.5 Å². The van der Waals surface area contributed by atoms with Crippen LogP contribution in [0.25, 0.3) is 11.3 Å². The fraction of sp³-hybridized carbons (Fsp3) is 0.533. The van der Waals surface area contributed by atoms with Crippen molar-refractivity contribution >= 4 is 29.0 Å². The van der Waals surface area contributed by atoms with Crippen molar-refractivity contribution in [3.05, 3.63) is 136 Å². The number of aromatic nitrogens is 2. The van der Waals surface area contributed by atoms with Crippen LogP contribution >= 0.6 is 23.2 Å². The highest BCUT2D eigenvalue weighted by atomic mass is 35.5. The third-order valence-electron chi connectivity index (χ3n) is 19.1. The number of rotatable bonds is 14. The number of imidazole rings is 1. The summed E-state index contributed by atoms with van der Waals surface area (Å²) in [5.74, 6) is 3.06. The van der Waals surface area contributed by atoms with E-state index in [1.165, 1.54) is 24.0 Å². The van der Waals surface area contributed by atoms with Crippen LogP contribution in [-0.2, 0) is 37.8 Å². The number of nitrogens with one attached hydrogen (secondary N) is 2. The standard InChI is InChI=1S/C60H75Cl2FN8O2/c1-7-59-53-31-44(29-40-13-9-8-10-14-40)56(59)67(4)38(2)34-64-52-33-47(30-41-15-20-45(61)21-16-41)68(5)57-49(25-26-63)66-55(60(52,57)58(59)72)39(3)71(53)36-43-17-22-46(62)32-51(43)73-48-23-18-42(19-24-48)50-35-65-54(69(50)6)37-70-27-11-12-28-70/h8-10,13-24,32,35,38-39,44,47,49,52-53,55-57,64,66H,7,11-12,25-31,33-34,36-37H2,1-6H3/t38-,39-,44+,47-,49-,52?,53?,55?,56?,57?,59?,60?/m0/s1. The Hall–Kier alpha value is -4.17. The number of nitrogens with zero attached hydrogens (tertiary/aromatic N) is 6. The lowest BCUT2D eigenvalue weighted by atomic mass is 9.54. The molecule has 388 valence electrons. The highest BCUT2D eigenvalue weighted by Crippen LogP contribution is 2.63. The second-order valence-corrected chi connectivity index (χ2v) is 23.6. The first-order valence-electron chi connectivity index (χ1n) is 27.2. The smallest absolute Gasteiger partial charge is 0.153 e. The van der Waals surface area contributed by atoms with E-state index in [-0.39, 0.29) is 60.3 Å². The summed E-state index contributed by atoms with van der Waals surface area (Å²) in [7, 11) is 6.62. The minimum atomic E-state index is -0.859. The topological polar surface area (TPSA) is 81.1 Å². The van der Waals surface area contributed by atoms with Gasteiger partial charge < -0.3 is 19.9 Å². The molecule has 6 aliphatic rings. The SMILES string of the molecule is CCC12C(=O)C34C5C[C@H](Cc6ccc(Cl)cc6)N(C)C3[C@H](CCF)NC4[C@H](C)N(Cc3ccc(Cl)cc3Oc3ccc(-c4cnc(CN6CCCC6)n4C)cc3)C1C[C@@H](Cc1ccccc1)C2N(C)[C@@H](C)CN5. The molecule has 5 aliphatic heterocycles. The molecular formula is C60H75Cl2FN8O2. The molecule has 7 unspecified atom stereocenters. The van der Waals surface area contributed by atoms with E-state index in [4.69, 9.17) is 32.9 Å². The van der Waals surface area contributed by atoms with Gasteiger partial charge in [0.2, 0.25) is 0 Å². The largest absolute Gasteiger partial charge is 0.457 e. The minimum absolute atomic E-state index is 0.0401. The molecule has 11 rings (SSSR count). The zero-order chi connectivity index (χ0) is 50.8. The number of piperidine rings is 1. The van der Waals surface area contributed by atoms with E-state index in [0.717, 1.165) is 85.3 Å². The van der Waals surface area contributed by atoms with Gasteiger partial charge >= 0.3 is 0 Å². The summed E-state index contributed by atoms with van der Waals surface area (Å²) in [6.45, 7) is 10.9. The van der Waals surface area contributed by atoms with E-state index in [1.807, 2.05) is 42.6 Å². The predicted molar refractivity (Wildman–Crippen MR) is 291 cm³/mol. The number of alkyl halides is 1. The number of hydrogen-bond acceptors (Lipinski definition) is 9. The fourth-order valence-corrected chi connectivity index (χ4v) is 15.9. The van der Waals surface area contributed by atoms with Crippen molar-refractivity contribution in [1.82, 2.24) is 39.8 Å². The molecule has 5 aromatic rings. The Morgan fingerprint density at radius 2 is 1.56 bits per heavy atom. The maximum absolute atomic E-state index is 17.4. The fourth-order valence-electron chi connectivity index (χ4n) is 15.6. The monoisotopic (exact) mass is 1030 g/mol. The molecular weight excluding hydrogens is 955 g/mol. The van der Waals surface area contributed by atoms with Gasteiger partial charge in [-0.2, -0.15) is 0 Å². The van der Waals surface area contributed by atoms with Crippen LogP contribution in [0.5, 0.6) is 11.5 Å². The van der Waals surface area contributed by atoms with Crippen molar-refractivity contribution in [3.8, 4) is 22.8 Å². The van der Waals surface area contributed by atoms with Crippen LogP contribution in [0, 0.1) is 16.7 Å². The molecule has 0 radical (unpaired) electrons. The summed E-state index contributed by atoms with van der Waals surface area (Å²) in [5.41, 5.74) is 4.05. The Kier molecular flexibility index (Phi) is 14.5. The summed E-state index contributed by atoms with van der Waals surface area (Å²) in [5, 5.41) is 9.64. The van der Waals surface area contributed by atoms with Crippen molar-refractivity contribution in [2.45, 2.75) is 140 Å². The molecule has 5 saturated heterocycles. The lowest BCUT2D eigenvalue weighted by molar-refractivity contribution is -0.154. The summed E-state index contributed by atoms with van der Waals surface area (Å²) in [6.07, 6.45) is 8.86. The van der Waals surface area contributed by atoms with Crippen LogP contribution < -0.4 is 15.4 Å². The van der Waals surface area contributed by atoms with Gasteiger partial charge in [0.05, 0.1) is 35.9 Å². The summed E-state index contributed by atoms with van der Waals surface area (Å²) >= 11 is 13.3. The number of Topliss-reactive ketones (excluding diaryl/α,β-unsaturated/α-hetero) is 1. The van der Waals surface area contributed by atoms with Gasteiger partial charge in [-0.15, -0.1) is 0 Å². The average Bonchev–Trinajstić information content (AvgIpc) is 4.22. The van der Waals surface area contributed by atoms with Crippen LogP contribution in [0.1, 0.15) is 81.8 Å². The molecule has 6 heterocycles. The van der Waals surface area contributed by atoms with Crippen LogP contribution in [-0.4, -0.2) is 130 Å². The molecule has 12 atom stereocenters. The second-order valence-electron chi connectivity index (χ2n) is 22.7. The maximum Gasteiger partial charge on any atom is 0.153 e. The first-order valence-corrected chi connectivity index (χ1v) is 28.0. The van der Waals surface area contributed by atoms with Crippen molar-refractivity contribution in [3.63, 3.8) is 0 Å². The van der Waals surface area contributed by atoms with Crippen molar-refractivity contribution in [2.24, 2.45) is 23.8 Å². The number of hydrogen-bond donors (Lipinski definition) is 2. The number of ketones is 1. The Labute approximate surface area is 442 Å². The number of carbonyl (C=O) groups excluding carboxylic acids is 1. The molecule has 13 heteroatoms. The molecule has 73 heavy (non-hydrogen) atoms. The summed E-state index contributed by atoms with van der Waals surface area (Å²) in [6, 6.07) is 32.6. The average molecular weight is 1030 g/mol. The van der Waals surface area contributed by atoms with Gasteiger partial charge in [0.25, 0.3) is 0 Å². The summed E-state index contributed by atoms with van der Waals surface area (Å²) in [4.78, 5) is 32.5. The molecule has 4 aromatic carbocycles. The van der Waals surface area contributed by atoms with E-state index >= 15 is 9.18 Å². The van der Waals surface area contributed by atoms with Crippen LogP contribution in [0.3, 0.4) is 0 Å². The number of likely N-dealkylation sites (N-methyl/N-ethyl adjacent to an activating group) is 2. The Morgan fingerprint density at radius 1 is 0.836 bits per heavy atom. The van der Waals surface area contributed by atoms with Crippen molar-refractivity contribution in [1.29, 1.82) is 0 Å². The minimum Gasteiger partial charge on any atom is -0.457 e.